The fraction of sp³-hybridized carbons (Fsp3) is 0.556. The van der Waals surface area contributed by atoms with Crippen molar-refractivity contribution < 1.29 is 24.4 Å². The Hall–Kier alpha value is -1.26. The van der Waals surface area contributed by atoms with Gasteiger partial charge in [0.2, 0.25) is 6.36 Å². The van der Waals surface area contributed by atoms with Crippen LogP contribution in [0.25, 0.3) is 0 Å². The Morgan fingerprint density at radius 1 is 1.53 bits per heavy atom. The average molecular weight is 296 g/mol. The lowest BCUT2D eigenvalue weighted by Gasteiger charge is -2.17. The van der Waals surface area contributed by atoms with E-state index in [1.807, 2.05) is 0 Å². The second-order valence-corrected chi connectivity index (χ2v) is 4.42. The number of hydrogen-bond acceptors (Lipinski definition) is 7. The highest BCUT2D eigenvalue weighted by molar-refractivity contribution is 6.32. The monoisotopic (exact) mass is 295 g/mol. The number of nitrogen functional groups attached to an aromatic ring is 1. The molecule has 2 heterocycles. The molecule has 1 aliphatic heterocycles. The van der Waals surface area contributed by atoms with Gasteiger partial charge in [0.1, 0.15) is 24.1 Å². The summed E-state index contributed by atoms with van der Waals surface area (Å²) in [4.78, 5) is 15.0. The third-order valence-electron chi connectivity index (χ3n) is 2.75. The summed E-state index contributed by atoms with van der Waals surface area (Å²) in [5.41, 5.74) is 4.42. The van der Waals surface area contributed by atoms with Gasteiger partial charge in [-0.3, -0.25) is 4.57 Å². The van der Waals surface area contributed by atoms with Crippen molar-refractivity contribution in [1.29, 1.82) is 0 Å². The summed E-state index contributed by atoms with van der Waals surface area (Å²) in [5.74, 6) is -0.210. The Bertz CT molecular complexity index is 539. The van der Waals surface area contributed by atoms with Gasteiger partial charge in [-0.15, -0.1) is 0 Å². The van der Waals surface area contributed by atoms with Crippen LogP contribution in [0.2, 0.25) is 5.02 Å². The van der Waals surface area contributed by atoms with Crippen LogP contribution in [0.3, 0.4) is 0 Å². The van der Waals surface area contributed by atoms with E-state index in [4.69, 9.17) is 27.2 Å². The molecule has 1 aromatic rings. The summed E-state index contributed by atoms with van der Waals surface area (Å²) in [6.45, 7) is 0. The van der Waals surface area contributed by atoms with Crippen LogP contribution in [0.4, 0.5) is 10.2 Å². The van der Waals surface area contributed by atoms with E-state index in [0.29, 0.717) is 0 Å². The zero-order valence-electron chi connectivity index (χ0n) is 9.35. The molecule has 0 spiro atoms. The molecule has 0 aliphatic carbocycles. The highest BCUT2D eigenvalue weighted by atomic mass is 35.5. The van der Waals surface area contributed by atoms with Gasteiger partial charge in [0.15, 0.2) is 6.23 Å². The zero-order chi connectivity index (χ0) is 14.3. The number of nitrogens with two attached hydrogens (primary N) is 1. The van der Waals surface area contributed by atoms with Crippen molar-refractivity contribution >= 4 is 17.4 Å². The first-order chi connectivity index (χ1) is 8.82. The van der Waals surface area contributed by atoms with Gasteiger partial charge in [-0.25, -0.2) is 9.18 Å². The van der Waals surface area contributed by atoms with E-state index in [1.54, 1.807) is 0 Å². The number of aliphatic hydroxyl groups is 3. The molecule has 106 valence electrons. The van der Waals surface area contributed by atoms with Crippen LogP contribution < -0.4 is 11.4 Å². The van der Waals surface area contributed by atoms with E-state index >= 15 is 0 Å². The number of alkyl halides is 1. The Balaban J connectivity index is 2.38. The molecule has 0 amide bonds. The SMILES string of the molecule is Nc1nc(=O)n([C@@H]2O[C@H](C(O)F)[C@@H](O)[C@H]2O)cc1Cl. The van der Waals surface area contributed by atoms with Gasteiger partial charge in [-0.05, 0) is 0 Å². The number of halogens is 2. The second kappa shape index (κ2) is 5.02. The van der Waals surface area contributed by atoms with E-state index in [-0.39, 0.29) is 10.8 Å². The van der Waals surface area contributed by atoms with Crippen molar-refractivity contribution in [2.75, 3.05) is 5.73 Å². The molecule has 1 saturated heterocycles. The lowest BCUT2D eigenvalue weighted by atomic mass is 10.1. The first-order valence-corrected chi connectivity index (χ1v) is 5.58. The van der Waals surface area contributed by atoms with E-state index in [0.717, 1.165) is 10.8 Å². The van der Waals surface area contributed by atoms with Crippen molar-refractivity contribution in [2.24, 2.45) is 0 Å². The van der Waals surface area contributed by atoms with E-state index in [9.17, 15) is 19.4 Å². The quantitative estimate of drug-likeness (QED) is 0.516. The van der Waals surface area contributed by atoms with Crippen LogP contribution in [0.5, 0.6) is 0 Å². The van der Waals surface area contributed by atoms with Gasteiger partial charge < -0.3 is 25.8 Å². The van der Waals surface area contributed by atoms with Gasteiger partial charge in [0, 0.05) is 6.20 Å². The second-order valence-electron chi connectivity index (χ2n) is 4.01. The van der Waals surface area contributed by atoms with E-state index < -0.39 is 36.6 Å². The van der Waals surface area contributed by atoms with Crippen LogP contribution in [0.1, 0.15) is 6.23 Å². The van der Waals surface area contributed by atoms with Gasteiger partial charge in [0.25, 0.3) is 0 Å². The summed E-state index contributed by atoms with van der Waals surface area (Å²) in [6, 6.07) is 0. The predicted octanol–water partition coefficient (Wildman–Crippen LogP) is -1.61. The minimum absolute atomic E-state index is 0.0749. The van der Waals surface area contributed by atoms with Crippen molar-refractivity contribution in [3.05, 3.63) is 21.7 Å². The van der Waals surface area contributed by atoms with E-state index in [2.05, 4.69) is 4.98 Å². The maximum atomic E-state index is 12.8. The molecule has 10 heteroatoms. The van der Waals surface area contributed by atoms with Crippen LogP contribution in [0, 0.1) is 0 Å². The number of ether oxygens (including phenoxy) is 1. The number of rotatable bonds is 2. The molecule has 0 aromatic carbocycles. The summed E-state index contributed by atoms with van der Waals surface area (Å²) in [6.07, 6.45) is -7.91. The molecule has 1 aliphatic rings. The van der Waals surface area contributed by atoms with Crippen molar-refractivity contribution in [2.45, 2.75) is 30.9 Å². The van der Waals surface area contributed by atoms with Crippen LogP contribution >= 0.6 is 11.6 Å². The number of anilines is 1. The van der Waals surface area contributed by atoms with E-state index in [1.165, 1.54) is 0 Å². The topological polar surface area (TPSA) is 131 Å². The third-order valence-corrected chi connectivity index (χ3v) is 3.05. The average Bonchev–Trinajstić information content (AvgIpc) is 2.62. The number of aromatic nitrogens is 2. The zero-order valence-corrected chi connectivity index (χ0v) is 10.1. The van der Waals surface area contributed by atoms with Gasteiger partial charge in [0.05, 0.1) is 5.02 Å². The smallest absolute Gasteiger partial charge is 0.351 e. The van der Waals surface area contributed by atoms with Crippen molar-refractivity contribution in [3.63, 3.8) is 0 Å². The first-order valence-electron chi connectivity index (χ1n) is 5.21. The highest BCUT2D eigenvalue weighted by Gasteiger charge is 2.47. The number of nitrogens with zero attached hydrogens (tertiary/aromatic N) is 2. The normalized spacial score (nSPS) is 32.5. The molecule has 5 N–H and O–H groups in total. The summed E-state index contributed by atoms with van der Waals surface area (Å²) >= 11 is 5.68. The molecule has 1 unspecified atom stereocenters. The van der Waals surface area contributed by atoms with Gasteiger partial charge >= 0.3 is 5.69 Å². The maximum absolute atomic E-state index is 12.8. The lowest BCUT2D eigenvalue weighted by Crippen LogP contribution is -2.37. The summed E-state index contributed by atoms with van der Waals surface area (Å²) in [7, 11) is 0. The van der Waals surface area contributed by atoms with Crippen molar-refractivity contribution in [3.8, 4) is 0 Å². The Kier molecular flexibility index (Phi) is 3.74. The molecular formula is C9H11ClFN3O5. The molecule has 1 aromatic heterocycles. The van der Waals surface area contributed by atoms with Gasteiger partial charge in [-0.1, -0.05) is 11.6 Å². The largest absolute Gasteiger partial charge is 0.387 e. The molecule has 5 atom stereocenters. The molecular weight excluding hydrogens is 285 g/mol. The number of aliphatic hydroxyl groups excluding tert-OH is 3. The standard InChI is InChI=1S/C9H11ClFN3O5/c10-2-1-14(9(18)13-7(2)12)8-4(16)3(15)5(19-8)6(11)17/h1,3-6,8,15-17H,(H2,12,13,18)/t3-,4+,5-,6?,8+/m0/s1. The lowest BCUT2D eigenvalue weighted by molar-refractivity contribution is -0.131. The highest BCUT2D eigenvalue weighted by Crippen LogP contribution is 2.31. The number of hydrogen-bond donors (Lipinski definition) is 4. The predicted molar refractivity (Wildman–Crippen MR) is 61.0 cm³/mol. The molecule has 19 heavy (non-hydrogen) atoms. The molecule has 1 fully saturated rings. The Morgan fingerprint density at radius 3 is 2.68 bits per heavy atom. The fourth-order valence-electron chi connectivity index (χ4n) is 1.78. The molecule has 8 nitrogen and oxygen atoms in total. The molecule has 0 radical (unpaired) electrons. The molecule has 0 saturated carbocycles. The van der Waals surface area contributed by atoms with Crippen LogP contribution in [0.15, 0.2) is 11.0 Å². The molecule has 2 rings (SSSR count). The first kappa shape index (κ1) is 14.2. The van der Waals surface area contributed by atoms with Crippen molar-refractivity contribution in [1.82, 2.24) is 9.55 Å². The molecule has 0 bridgehead atoms. The third kappa shape index (κ3) is 2.42. The summed E-state index contributed by atoms with van der Waals surface area (Å²) < 4.78 is 18.4. The van der Waals surface area contributed by atoms with Crippen LogP contribution in [-0.2, 0) is 4.74 Å². The Labute approximate surface area is 110 Å². The minimum Gasteiger partial charge on any atom is -0.387 e. The van der Waals surface area contributed by atoms with Crippen LogP contribution in [-0.4, -0.2) is 49.5 Å². The maximum Gasteiger partial charge on any atom is 0.351 e. The van der Waals surface area contributed by atoms with Gasteiger partial charge in [-0.2, -0.15) is 4.98 Å². The Morgan fingerprint density at radius 2 is 2.16 bits per heavy atom. The minimum atomic E-state index is -2.51. The fourth-order valence-corrected chi connectivity index (χ4v) is 1.93. The summed E-state index contributed by atoms with van der Waals surface area (Å²) in [5, 5.41) is 27.9.